The molecular weight excluding hydrogens is 232 g/mol. The van der Waals surface area contributed by atoms with E-state index in [9.17, 15) is 8.42 Å². The molecule has 16 heavy (non-hydrogen) atoms. The van der Waals surface area contributed by atoms with Crippen LogP contribution >= 0.6 is 0 Å². The maximum atomic E-state index is 11.3. The Morgan fingerprint density at radius 3 is 2.50 bits per heavy atom. The fourth-order valence-corrected chi connectivity index (χ4v) is 1.94. The van der Waals surface area contributed by atoms with Crippen LogP contribution in [0.5, 0.6) is 0 Å². The molecule has 0 heterocycles. The Balaban J connectivity index is 3.51. The smallest absolute Gasteiger partial charge is 0.276 e. The first-order chi connectivity index (χ1) is 7.48. The molecule has 0 unspecified atom stereocenters. The van der Waals surface area contributed by atoms with Gasteiger partial charge in [0.05, 0.1) is 13.2 Å². The fraction of sp³-hybridized carbons (Fsp3) is 1.00. The van der Waals surface area contributed by atoms with E-state index in [1.54, 1.807) is 0 Å². The molecule has 0 spiro atoms. The molecule has 0 aromatic carbocycles. The molecule has 0 aliphatic carbocycles. The summed E-state index contributed by atoms with van der Waals surface area (Å²) in [5.41, 5.74) is 0. The quantitative estimate of drug-likeness (QED) is 0.457. The minimum absolute atomic E-state index is 0.0122. The van der Waals surface area contributed by atoms with E-state index in [-0.39, 0.29) is 12.5 Å². The number of nitrogens with one attached hydrogen (secondary N) is 2. The largest absolute Gasteiger partial charge is 0.394 e. The van der Waals surface area contributed by atoms with Crippen molar-refractivity contribution >= 4 is 10.2 Å². The molecule has 3 N–H and O–H groups in total. The molecule has 7 heteroatoms. The van der Waals surface area contributed by atoms with Crippen LogP contribution in [0.15, 0.2) is 0 Å². The average molecular weight is 254 g/mol. The summed E-state index contributed by atoms with van der Waals surface area (Å²) in [6, 6.07) is 0. The molecule has 0 rings (SSSR count). The van der Waals surface area contributed by atoms with Crippen LogP contribution in [0.2, 0.25) is 0 Å². The van der Waals surface area contributed by atoms with Crippen molar-refractivity contribution in [3.8, 4) is 0 Å². The Morgan fingerprint density at radius 2 is 1.94 bits per heavy atom. The lowest BCUT2D eigenvalue weighted by molar-refractivity contribution is 0.0913. The Morgan fingerprint density at radius 1 is 1.25 bits per heavy atom. The highest BCUT2D eigenvalue weighted by Crippen LogP contribution is 1.89. The first-order valence-electron chi connectivity index (χ1n) is 5.41. The maximum Gasteiger partial charge on any atom is 0.276 e. The van der Waals surface area contributed by atoms with Crippen LogP contribution in [-0.2, 0) is 14.9 Å². The fourth-order valence-electron chi connectivity index (χ4n) is 0.875. The monoisotopic (exact) mass is 254 g/mol. The van der Waals surface area contributed by atoms with Gasteiger partial charge in [0.25, 0.3) is 10.2 Å². The van der Waals surface area contributed by atoms with Crippen LogP contribution in [0.1, 0.15) is 20.3 Å². The highest BCUT2D eigenvalue weighted by atomic mass is 32.2. The van der Waals surface area contributed by atoms with Crippen LogP contribution in [0, 0.1) is 5.92 Å². The Kier molecular flexibility index (Phi) is 8.77. The maximum absolute atomic E-state index is 11.3. The molecule has 0 aliphatic heterocycles. The lowest BCUT2D eigenvalue weighted by Crippen LogP contribution is -2.39. The second kappa shape index (κ2) is 8.89. The number of hydrogen-bond donors (Lipinski definition) is 3. The predicted octanol–water partition coefficient (Wildman–Crippen LogP) is -0.535. The molecule has 0 aromatic heterocycles. The number of rotatable bonds is 10. The molecule has 0 saturated carbocycles. The van der Waals surface area contributed by atoms with E-state index < -0.39 is 10.2 Å². The summed E-state index contributed by atoms with van der Waals surface area (Å²) in [6.45, 7) is 5.35. The summed E-state index contributed by atoms with van der Waals surface area (Å²) >= 11 is 0. The van der Waals surface area contributed by atoms with Crippen molar-refractivity contribution < 1.29 is 18.3 Å². The molecule has 98 valence electrons. The normalized spacial score (nSPS) is 12.2. The zero-order valence-corrected chi connectivity index (χ0v) is 10.7. The molecule has 0 saturated heterocycles. The van der Waals surface area contributed by atoms with Crippen LogP contribution < -0.4 is 9.44 Å². The standard InChI is InChI=1S/C9H22N2O4S/c1-9(2)8-11-16(13,14)10-4-3-6-15-7-5-12/h9-12H,3-8H2,1-2H3. The van der Waals surface area contributed by atoms with Gasteiger partial charge in [-0.1, -0.05) is 13.8 Å². The Bertz CT molecular complexity index is 254. The summed E-state index contributed by atoms with van der Waals surface area (Å²) in [7, 11) is -3.37. The summed E-state index contributed by atoms with van der Waals surface area (Å²) < 4.78 is 32.5. The zero-order valence-electron chi connectivity index (χ0n) is 9.90. The van der Waals surface area contributed by atoms with Gasteiger partial charge in [0.1, 0.15) is 0 Å². The van der Waals surface area contributed by atoms with Crippen molar-refractivity contribution in [1.82, 2.24) is 9.44 Å². The number of aliphatic hydroxyl groups excluding tert-OH is 1. The third kappa shape index (κ3) is 10.3. The van der Waals surface area contributed by atoms with Crippen LogP contribution in [0.25, 0.3) is 0 Å². The molecule has 0 aliphatic rings. The SMILES string of the molecule is CC(C)CNS(=O)(=O)NCCCOCCO. The average Bonchev–Trinajstić information content (AvgIpc) is 2.21. The molecule has 0 atom stereocenters. The molecule has 0 aromatic rings. The third-order valence-corrected chi connectivity index (χ3v) is 2.81. The van der Waals surface area contributed by atoms with Gasteiger partial charge in [0.15, 0.2) is 0 Å². The van der Waals surface area contributed by atoms with Crippen molar-refractivity contribution in [1.29, 1.82) is 0 Å². The van der Waals surface area contributed by atoms with Crippen LogP contribution in [0.3, 0.4) is 0 Å². The molecule has 0 bridgehead atoms. The van der Waals surface area contributed by atoms with Gasteiger partial charge in [0.2, 0.25) is 0 Å². The van der Waals surface area contributed by atoms with Gasteiger partial charge in [-0.05, 0) is 12.3 Å². The third-order valence-electron chi connectivity index (χ3n) is 1.67. The van der Waals surface area contributed by atoms with E-state index in [1.165, 1.54) is 0 Å². The summed E-state index contributed by atoms with van der Waals surface area (Å²) in [4.78, 5) is 0. The van der Waals surface area contributed by atoms with Gasteiger partial charge >= 0.3 is 0 Å². The van der Waals surface area contributed by atoms with E-state index in [2.05, 4.69) is 9.44 Å². The highest BCUT2D eigenvalue weighted by molar-refractivity contribution is 7.87. The van der Waals surface area contributed by atoms with E-state index in [0.717, 1.165) is 0 Å². The minimum atomic E-state index is -3.37. The van der Waals surface area contributed by atoms with Gasteiger partial charge in [-0.3, -0.25) is 0 Å². The summed E-state index contributed by atoms with van der Waals surface area (Å²) in [6.07, 6.45) is 0.586. The predicted molar refractivity (Wildman–Crippen MR) is 62.3 cm³/mol. The zero-order chi connectivity index (χ0) is 12.4. The minimum Gasteiger partial charge on any atom is -0.394 e. The Labute approximate surface area is 97.6 Å². The van der Waals surface area contributed by atoms with E-state index in [0.29, 0.717) is 32.7 Å². The van der Waals surface area contributed by atoms with Crippen molar-refractivity contribution in [3.63, 3.8) is 0 Å². The molecule has 6 nitrogen and oxygen atoms in total. The highest BCUT2D eigenvalue weighted by Gasteiger charge is 2.08. The van der Waals surface area contributed by atoms with Gasteiger partial charge in [-0.2, -0.15) is 8.42 Å². The molecule has 0 radical (unpaired) electrons. The number of ether oxygens (including phenoxy) is 1. The van der Waals surface area contributed by atoms with Crippen molar-refractivity contribution in [2.24, 2.45) is 5.92 Å². The molecule has 0 amide bonds. The summed E-state index contributed by atoms with van der Waals surface area (Å²) in [5, 5.41) is 8.43. The van der Waals surface area contributed by atoms with Crippen molar-refractivity contribution in [2.75, 3.05) is 32.9 Å². The van der Waals surface area contributed by atoms with E-state index >= 15 is 0 Å². The van der Waals surface area contributed by atoms with E-state index in [4.69, 9.17) is 9.84 Å². The van der Waals surface area contributed by atoms with Crippen LogP contribution in [-0.4, -0.2) is 46.4 Å². The van der Waals surface area contributed by atoms with Crippen molar-refractivity contribution in [3.05, 3.63) is 0 Å². The first-order valence-corrected chi connectivity index (χ1v) is 6.89. The first kappa shape index (κ1) is 15.8. The lowest BCUT2D eigenvalue weighted by atomic mass is 10.2. The molecule has 0 fully saturated rings. The lowest BCUT2D eigenvalue weighted by Gasteiger charge is -2.09. The van der Waals surface area contributed by atoms with Crippen molar-refractivity contribution in [2.45, 2.75) is 20.3 Å². The number of hydrogen-bond acceptors (Lipinski definition) is 4. The second-order valence-electron chi connectivity index (χ2n) is 3.83. The molecular formula is C9H22N2O4S. The van der Waals surface area contributed by atoms with Crippen LogP contribution in [0.4, 0.5) is 0 Å². The van der Waals surface area contributed by atoms with Gasteiger partial charge in [-0.25, -0.2) is 9.44 Å². The Hall–Kier alpha value is -0.210. The summed E-state index contributed by atoms with van der Waals surface area (Å²) in [5.74, 6) is 0.282. The number of aliphatic hydroxyl groups is 1. The topological polar surface area (TPSA) is 87.7 Å². The second-order valence-corrected chi connectivity index (χ2v) is 5.41. The van der Waals surface area contributed by atoms with Gasteiger partial charge < -0.3 is 9.84 Å². The van der Waals surface area contributed by atoms with Gasteiger partial charge in [0, 0.05) is 19.7 Å². The van der Waals surface area contributed by atoms with Gasteiger partial charge in [-0.15, -0.1) is 0 Å². The van der Waals surface area contributed by atoms with E-state index in [1.807, 2.05) is 13.8 Å².